The van der Waals surface area contributed by atoms with Gasteiger partial charge < -0.3 is 10.3 Å². The Balaban J connectivity index is 1.62. The molecule has 142 valence electrons. The number of rotatable bonds is 6. The minimum Gasteiger partial charge on any atom is -0.355 e. The van der Waals surface area contributed by atoms with E-state index in [9.17, 15) is 14.4 Å². The number of likely N-dealkylation sites (tertiary alicyclic amines) is 1. The molecule has 1 saturated heterocycles. The van der Waals surface area contributed by atoms with E-state index in [1.54, 1.807) is 0 Å². The average Bonchev–Trinajstić information content (AvgIpc) is 3.36. The van der Waals surface area contributed by atoms with Gasteiger partial charge in [0, 0.05) is 23.2 Å². The first-order chi connectivity index (χ1) is 12.3. The average molecular weight is 359 g/mol. The normalized spacial score (nSPS) is 20.0. The number of aromatic amines is 1. The fourth-order valence-electron chi connectivity index (χ4n) is 3.99. The Morgan fingerprint density at radius 2 is 1.73 bits per heavy atom. The van der Waals surface area contributed by atoms with Crippen molar-refractivity contribution >= 4 is 17.5 Å². The summed E-state index contributed by atoms with van der Waals surface area (Å²) in [6.07, 6.45) is 3.79. The molecule has 6 nitrogen and oxygen atoms in total. The Kier molecular flexibility index (Phi) is 5.32. The van der Waals surface area contributed by atoms with Crippen molar-refractivity contribution in [1.82, 2.24) is 15.2 Å². The van der Waals surface area contributed by atoms with Crippen LogP contribution in [0.15, 0.2) is 0 Å². The second-order valence-electron chi connectivity index (χ2n) is 7.81. The van der Waals surface area contributed by atoms with Gasteiger partial charge in [-0.15, -0.1) is 0 Å². The lowest BCUT2D eigenvalue weighted by atomic mass is 9.93. The Morgan fingerprint density at radius 3 is 2.23 bits per heavy atom. The van der Waals surface area contributed by atoms with E-state index >= 15 is 0 Å². The molecule has 1 aromatic rings. The smallest absolute Gasteiger partial charge is 0.223 e. The third-order valence-electron chi connectivity index (χ3n) is 5.79. The maximum Gasteiger partial charge on any atom is 0.223 e. The number of nitrogens with one attached hydrogen (secondary N) is 2. The standard InChI is InChI=1S/C20H29N3O3/c1-11-17(14(4)24)12(2)21-18(11)19(25)13(3)23-9-7-15(8-10-23)20(26)22-16-5-6-16/h13,15-16,21H,5-10H2,1-4H3,(H,22,26). The van der Waals surface area contributed by atoms with E-state index in [4.69, 9.17) is 0 Å². The molecule has 26 heavy (non-hydrogen) atoms. The number of Topliss-reactive ketones (excluding diaryl/α,β-unsaturated/α-hetero) is 2. The second-order valence-corrected chi connectivity index (χ2v) is 7.81. The topological polar surface area (TPSA) is 82.3 Å². The van der Waals surface area contributed by atoms with Crippen LogP contribution in [0, 0.1) is 19.8 Å². The molecule has 2 aliphatic rings. The number of carbonyl (C=O) groups is 3. The monoisotopic (exact) mass is 359 g/mol. The maximum atomic E-state index is 13.0. The zero-order valence-electron chi connectivity index (χ0n) is 16.1. The van der Waals surface area contributed by atoms with Crippen molar-refractivity contribution < 1.29 is 14.4 Å². The highest BCUT2D eigenvalue weighted by atomic mass is 16.2. The fraction of sp³-hybridized carbons (Fsp3) is 0.650. The van der Waals surface area contributed by atoms with Gasteiger partial charge in [0.25, 0.3) is 0 Å². The van der Waals surface area contributed by atoms with Crippen molar-refractivity contribution in [3.63, 3.8) is 0 Å². The highest BCUT2D eigenvalue weighted by Crippen LogP contribution is 2.25. The van der Waals surface area contributed by atoms with E-state index in [0.717, 1.165) is 50.0 Å². The van der Waals surface area contributed by atoms with Crippen LogP contribution in [0.5, 0.6) is 0 Å². The van der Waals surface area contributed by atoms with E-state index < -0.39 is 0 Å². The van der Waals surface area contributed by atoms with Crippen LogP contribution in [0.2, 0.25) is 0 Å². The summed E-state index contributed by atoms with van der Waals surface area (Å²) in [5.41, 5.74) is 2.65. The SMILES string of the molecule is CC(=O)c1c(C)[nH]c(C(=O)C(C)N2CCC(C(=O)NC3CC3)CC2)c1C. The summed E-state index contributed by atoms with van der Waals surface area (Å²) < 4.78 is 0. The van der Waals surface area contributed by atoms with Crippen LogP contribution in [-0.2, 0) is 4.79 Å². The molecule has 2 heterocycles. The zero-order valence-corrected chi connectivity index (χ0v) is 16.1. The molecule has 2 fully saturated rings. The van der Waals surface area contributed by atoms with Gasteiger partial charge in [0.05, 0.1) is 11.7 Å². The molecule has 1 aliphatic heterocycles. The fourth-order valence-corrected chi connectivity index (χ4v) is 3.99. The van der Waals surface area contributed by atoms with Crippen LogP contribution < -0.4 is 5.32 Å². The highest BCUT2D eigenvalue weighted by Gasteiger charge is 2.33. The molecule has 1 aliphatic carbocycles. The molecule has 6 heteroatoms. The van der Waals surface area contributed by atoms with Crippen molar-refractivity contribution in [2.24, 2.45) is 5.92 Å². The number of carbonyl (C=O) groups excluding carboxylic acids is 3. The molecule has 0 radical (unpaired) electrons. The number of amides is 1. The lowest BCUT2D eigenvalue weighted by molar-refractivity contribution is -0.126. The summed E-state index contributed by atoms with van der Waals surface area (Å²) >= 11 is 0. The van der Waals surface area contributed by atoms with Crippen LogP contribution in [0.1, 0.15) is 71.6 Å². The van der Waals surface area contributed by atoms with Gasteiger partial charge in [0.1, 0.15) is 0 Å². The van der Waals surface area contributed by atoms with Crippen molar-refractivity contribution in [2.45, 2.75) is 65.5 Å². The van der Waals surface area contributed by atoms with Crippen molar-refractivity contribution in [2.75, 3.05) is 13.1 Å². The van der Waals surface area contributed by atoms with Gasteiger partial charge in [0.2, 0.25) is 5.91 Å². The molecular formula is C20H29N3O3. The number of aryl methyl sites for hydroxylation is 1. The van der Waals surface area contributed by atoms with Gasteiger partial charge in [-0.25, -0.2) is 0 Å². The number of H-pyrrole nitrogens is 1. The molecule has 2 N–H and O–H groups in total. The number of nitrogens with zero attached hydrogens (tertiary/aromatic N) is 1. The van der Waals surface area contributed by atoms with Crippen LogP contribution in [0.25, 0.3) is 0 Å². The minimum absolute atomic E-state index is 0.0129. The zero-order chi connectivity index (χ0) is 19.0. The van der Waals surface area contributed by atoms with E-state index in [1.807, 2.05) is 20.8 Å². The van der Waals surface area contributed by atoms with Gasteiger partial charge >= 0.3 is 0 Å². The summed E-state index contributed by atoms with van der Waals surface area (Å²) in [7, 11) is 0. The molecule has 3 rings (SSSR count). The molecule has 0 bridgehead atoms. The number of piperidine rings is 1. The predicted molar refractivity (Wildman–Crippen MR) is 99.5 cm³/mol. The highest BCUT2D eigenvalue weighted by molar-refractivity contribution is 6.05. The summed E-state index contributed by atoms with van der Waals surface area (Å²) in [6.45, 7) is 8.58. The van der Waals surface area contributed by atoms with Crippen molar-refractivity contribution in [3.05, 3.63) is 22.5 Å². The van der Waals surface area contributed by atoms with Gasteiger partial charge in [0.15, 0.2) is 11.6 Å². The van der Waals surface area contributed by atoms with E-state index in [2.05, 4.69) is 15.2 Å². The van der Waals surface area contributed by atoms with Gasteiger partial charge in [-0.2, -0.15) is 0 Å². The van der Waals surface area contributed by atoms with Gasteiger partial charge in [-0.3, -0.25) is 19.3 Å². The predicted octanol–water partition coefficient (Wildman–Crippen LogP) is 2.40. The van der Waals surface area contributed by atoms with Crippen LogP contribution in [0.4, 0.5) is 0 Å². The van der Waals surface area contributed by atoms with Crippen molar-refractivity contribution in [3.8, 4) is 0 Å². The lowest BCUT2D eigenvalue weighted by Crippen LogP contribution is -2.47. The first kappa shape index (κ1) is 18.8. The number of ketones is 2. The Hall–Kier alpha value is -1.95. The molecule has 1 amide bonds. The first-order valence-corrected chi connectivity index (χ1v) is 9.58. The first-order valence-electron chi connectivity index (χ1n) is 9.58. The molecule has 1 saturated carbocycles. The maximum absolute atomic E-state index is 13.0. The lowest BCUT2D eigenvalue weighted by Gasteiger charge is -2.34. The Labute approximate surface area is 154 Å². The molecule has 1 unspecified atom stereocenters. The summed E-state index contributed by atoms with van der Waals surface area (Å²) in [6, 6.07) is 0.134. The quantitative estimate of drug-likeness (QED) is 0.764. The third kappa shape index (κ3) is 3.75. The van der Waals surface area contributed by atoms with Gasteiger partial charge in [-0.1, -0.05) is 0 Å². The van der Waals surface area contributed by atoms with Gasteiger partial charge in [-0.05, 0) is 72.0 Å². The largest absolute Gasteiger partial charge is 0.355 e. The molecule has 0 spiro atoms. The second kappa shape index (κ2) is 7.35. The summed E-state index contributed by atoms with van der Waals surface area (Å²) in [5.74, 6) is 0.227. The third-order valence-corrected chi connectivity index (χ3v) is 5.79. The molecular weight excluding hydrogens is 330 g/mol. The number of hydrogen-bond donors (Lipinski definition) is 2. The Morgan fingerprint density at radius 1 is 1.12 bits per heavy atom. The molecule has 1 atom stereocenters. The summed E-state index contributed by atoms with van der Waals surface area (Å²) in [5, 5.41) is 3.08. The van der Waals surface area contributed by atoms with Crippen molar-refractivity contribution in [1.29, 1.82) is 0 Å². The number of hydrogen-bond acceptors (Lipinski definition) is 4. The van der Waals surface area contributed by atoms with E-state index in [-0.39, 0.29) is 29.4 Å². The van der Waals surface area contributed by atoms with Crippen LogP contribution in [-0.4, -0.2) is 52.5 Å². The number of aromatic nitrogens is 1. The summed E-state index contributed by atoms with van der Waals surface area (Å²) in [4.78, 5) is 42.2. The minimum atomic E-state index is -0.265. The van der Waals surface area contributed by atoms with Crippen LogP contribution in [0.3, 0.4) is 0 Å². The van der Waals surface area contributed by atoms with Crippen LogP contribution >= 0.6 is 0 Å². The Bertz CT molecular complexity index is 725. The van der Waals surface area contributed by atoms with E-state index in [1.165, 1.54) is 6.92 Å². The molecule has 1 aromatic heterocycles. The van der Waals surface area contributed by atoms with E-state index in [0.29, 0.717) is 17.3 Å². The molecule has 0 aromatic carbocycles.